The molecule has 2 N–H and O–H groups in total. The number of rotatable bonds is 7. The van der Waals surface area contributed by atoms with E-state index in [-0.39, 0.29) is 11.9 Å². The van der Waals surface area contributed by atoms with Gasteiger partial charge in [0.25, 0.3) is 0 Å². The zero-order valence-electron chi connectivity index (χ0n) is 12.2. The molecule has 106 valence electrons. The number of anilines is 1. The van der Waals surface area contributed by atoms with Crippen molar-refractivity contribution < 1.29 is 9.53 Å². The lowest BCUT2D eigenvalue weighted by atomic mass is 9.87. The number of hydrogen-bond donors (Lipinski definition) is 1. The third-order valence-electron chi connectivity index (χ3n) is 3.36. The largest absolute Gasteiger partial charge is 0.466 e. The van der Waals surface area contributed by atoms with E-state index >= 15 is 0 Å². The van der Waals surface area contributed by atoms with Crippen molar-refractivity contribution in [2.24, 2.45) is 5.92 Å². The van der Waals surface area contributed by atoms with Gasteiger partial charge in [-0.1, -0.05) is 44.9 Å². The molecule has 0 saturated carbocycles. The first-order chi connectivity index (χ1) is 9.10. The second-order valence-corrected chi connectivity index (χ2v) is 5.06. The fourth-order valence-electron chi connectivity index (χ4n) is 2.43. The zero-order valence-corrected chi connectivity index (χ0v) is 12.2. The number of nitrogen functional groups attached to an aromatic ring is 1. The maximum absolute atomic E-state index is 12.2. The lowest BCUT2D eigenvalue weighted by Crippen LogP contribution is -2.19. The van der Waals surface area contributed by atoms with Crippen LogP contribution < -0.4 is 5.73 Å². The Bertz CT molecular complexity index is 403. The van der Waals surface area contributed by atoms with Crippen molar-refractivity contribution in [3.05, 3.63) is 29.8 Å². The second kappa shape index (κ2) is 7.82. The number of carbonyl (C=O) groups excluding carboxylic acids is 1. The maximum atomic E-state index is 12.2. The van der Waals surface area contributed by atoms with Crippen LogP contribution in [0.5, 0.6) is 0 Å². The van der Waals surface area contributed by atoms with Crippen LogP contribution in [0.3, 0.4) is 0 Å². The first kappa shape index (κ1) is 15.5. The van der Waals surface area contributed by atoms with Gasteiger partial charge in [0.15, 0.2) is 0 Å². The van der Waals surface area contributed by atoms with E-state index in [1.54, 1.807) is 0 Å². The van der Waals surface area contributed by atoms with Gasteiger partial charge in [0.1, 0.15) is 0 Å². The van der Waals surface area contributed by atoms with Crippen molar-refractivity contribution in [1.29, 1.82) is 0 Å². The molecule has 19 heavy (non-hydrogen) atoms. The van der Waals surface area contributed by atoms with E-state index in [9.17, 15) is 4.79 Å². The number of nitrogens with two attached hydrogens (primary N) is 1. The van der Waals surface area contributed by atoms with Crippen molar-refractivity contribution in [3.8, 4) is 0 Å². The van der Waals surface area contributed by atoms with E-state index in [1.165, 1.54) is 0 Å². The van der Waals surface area contributed by atoms with Crippen LogP contribution in [0.25, 0.3) is 0 Å². The smallest absolute Gasteiger partial charge is 0.313 e. The summed E-state index contributed by atoms with van der Waals surface area (Å²) in [5, 5.41) is 0. The van der Waals surface area contributed by atoms with E-state index < -0.39 is 0 Å². The maximum Gasteiger partial charge on any atom is 0.313 e. The fourth-order valence-corrected chi connectivity index (χ4v) is 2.43. The number of carbonyl (C=O) groups is 1. The highest BCUT2D eigenvalue weighted by atomic mass is 16.5. The Morgan fingerprint density at radius 2 is 2.00 bits per heavy atom. The Morgan fingerprint density at radius 3 is 2.58 bits per heavy atom. The van der Waals surface area contributed by atoms with Crippen LogP contribution >= 0.6 is 0 Å². The lowest BCUT2D eigenvalue weighted by molar-refractivity contribution is -0.145. The summed E-state index contributed by atoms with van der Waals surface area (Å²) in [5.41, 5.74) is 7.56. The van der Waals surface area contributed by atoms with Crippen molar-refractivity contribution in [2.75, 3.05) is 12.3 Å². The lowest BCUT2D eigenvalue weighted by Gasteiger charge is -2.21. The SMILES string of the molecule is CCCC(C)CC(C(=O)OCC)c1ccccc1N. The third kappa shape index (κ3) is 4.58. The van der Waals surface area contributed by atoms with Crippen molar-refractivity contribution >= 4 is 11.7 Å². The molecule has 0 heterocycles. The van der Waals surface area contributed by atoms with Gasteiger partial charge in [0.05, 0.1) is 12.5 Å². The average molecular weight is 263 g/mol. The van der Waals surface area contributed by atoms with E-state index in [0.717, 1.165) is 24.8 Å². The van der Waals surface area contributed by atoms with Crippen LogP contribution in [0.2, 0.25) is 0 Å². The summed E-state index contributed by atoms with van der Waals surface area (Å²) < 4.78 is 5.20. The van der Waals surface area contributed by atoms with E-state index in [1.807, 2.05) is 31.2 Å². The average Bonchev–Trinajstić information content (AvgIpc) is 2.37. The standard InChI is InChI=1S/C16H25NO2/c1-4-8-12(3)11-14(16(18)19-5-2)13-9-6-7-10-15(13)17/h6-7,9-10,12,14H,4-5,8,11,17H2,1-3H3. The molecule has 1 rings (SSSR count). The monoisotopic (exact) mass is 263 g/mol. The topological polar surface area (TPSA) is 52.3 Å². The molecule has 0 aliphatic rings. The molecule has 0 aliphatic carbocycles. The molecule has 0 saturated heterocycles. The quantitative estimate of drug-likeness (QED) is 0.602. The first-order valence-electron chi connectivity index (χ1n) is 7.11. The Labute approximate surface area is 116 Å². The normalized spacial score (nSPS) is 13.8. The van der Waals surface area contributed by atoms with Gasteiger partial charge in [-0.25, -0.2) is 0 Å². The number of benzene rings is 1. The Kier molecular flexibility index (Phi) is 6.40. The zero-order chi connectivity index (χ0) is 14.3. The molecule has 0 amide bonds. The van der Waals surface area contributed by atoms with Crippen LogP contribution in [-0.4, -0.2) is 12.6 Å². The summed E-state index contributed by atoms with van der Waals surface area (Å²) in [6, 6.07) is 7.57. The number of ether oxygens (including phenoxy) is 1. The molecular formula is C16H25NO2. The highest BCUT2D eigenvalue weighted by Gasteiger charge is 2.25. The molecule has 1 aromatic rings. The molecular weight excluding hydrogens is 238 g/mol. The predicted molar refractivity (Wildman–Crippen MR) is 78.9 cm³/mol. The van der Waals surface area contributed by atoms with E-state index in [4.69, 9.17) is 10.5 Å². The molecule has 0 bridgehead atoms. The van der Waals surface area contributed by atoms with Crippen LogP contribution in [0.15, 0.2) is 24.3 Å². The molecule has 3 heteroatoms. The van der Waals surface area contributed by atoms with Gasteiger partial charge in [0.2, 0.25) is 0 Å². The summed E-state index contributed by atoms with van der Waals surface area (Å²) in [7, 11) is 0. The molecule has 0 fully saturated rings. The molecule has 2 atom stereocenters. The first-order valence-corrected chi connectivity index (χ1v) is 7.11. The number of para-hydroxylation sites is 1. The highest BCUT2D eigenvalue weighted by Crippen LogP contribution is 2.30. The summed E-state index contributed by atoms with van der Waals surface area (Å²) in [6.07, 6.45) is 3.03. The molecule has 0 spiro atoms. The second-order valence-electron chi connectivity index (χ2n) is 5.06. The minimum Gasteiger partial charge on any atom is -0.466 e. The summed E-state index contributed by atoms with van der Waals surface area (Å²) >= 11 is 0. The minimum absolute atomic E-state index is 0.164. The van der Waals surface area contributed by atoms with Crippen molar-refractivity contribution in [1.82, 2.24) is 0 Å². The summed E-state index contributed by atoms with van der Waals surface area (Å²) in [5.74, 6) is 0.0741. The molecule has 0 aliphatic heterocycles. The number of hydrogen-bond acceptors (Lipinski definition) is 3. The third-order valence-corrected chi connectivity index (χ3v) is 3.36. The van der Waals surface area contributed by atoms with Crippen molar-refractivity contribution in [3.63, 3.8) is 0 Å². The predicted octanol–water partition coefficient (Wildman–Crippen LogP) is 3.74. The Morgan fingerprint density at radius 1 is 1.32 bits per heavy atom. The minimum atomic E-state index is -0.248. The van der Waals surface area contributed by atoms with Crippen LogP contribution in [0.4, 0.5) is 5.69 Å². The van der Waals surface area contributed by atoms with Gasteiger partial charge < -0.3 is 10.5 Å². The van der Waals surface area contributed by atoms with E-state index in [0.29, 0.717) is 18.2 Å². The number of esters is 1. The fraction of sp³-hybridized carbons (Fsp3) is 0.562. The van der Waals surface area contributed by atoms with Crippen LogP contribution in [0.1, 0.15) is 51.5 Å². The van der Waals surface area contributed by atoms with Gasteiger partial charge >= 0.3 is 5.97 Å². The molecule has 0 aromatic heterocycles. The van der Waals surface area contributed by atoms with Gasteiger partial charge in [-0.2, -0.15) is 0 Å². The van der Waals surface area contributed by atoms with E-state index in [2.05, 4.69) is 13.8 Å². The van der Waals surface area contributed by atoms with Crippen LogP contribution in [-0.2, 0) is 9.53 Å². The Hall–Kier alpha value is -1.51. The van der Waals surface area contributed by atoms with Gasteiger partial charge in [-0.05, 0) is 30.9 Å². The molecule has 0 radical (unpaired) electrons. The van der Waals surface area contributed by atoms with Gasteiger partial charge in [0, 0.05) is 5.69 Å². The molecule has 1 aromatic carbocycles. The summed E-state index contributed by atoms with van der Waals surface area (Å²) in [6.45, 7) is 6.57. The highest BCUT2D eigenvalue weighted by molar-refractivity contribution is 5.80. The van der Waals surface area contributed by atoms with Gasteiger partial charge in [-0.3, -0.25) is 4.79 Å². The summed E-state index contributed by atoms with van der Waals surface area (Å²) in [4.78, 5) is 12.2. The van der Waals surface area contributed by atoms with Crippen LogP contribution in [0, 0.1) is 5.92 Å². The molecule has 2 unspecified atom stereocenters. The Balaban J connectivity index is 2.92. The van der Waals surface area contributed by atoms with Gasteiger partial charge in [-0.15, -0.1) is 0 Å². The molecule has 3 nitrogen and oxygen atoms in total. The van der Waals surface area contributed by atoms with Crippen molar-refractivity contribution in [2.45, 2.75) is 46.0 Å².